The zero-order valence-corrected chi connectivity index (χ0v) is 19.2. The Morgan fingerprint density at radius 1 is 1.06 bits per heavy atom. The molecule has 166 valence electrons. The van der Waals surface area contributed by atoms with Gasteiger partial charge in [-0.05, 0) is 60.6 Å². The maximum atomic E-state index is 12.5. The Bertz CT molecular complexity index is 1070. The van der Waals surface area contributed by atoms with Crippen molar-refractivity contribution in [2.75, 3.05) is 13.1 Å². The number of benzene rings is 2. The van der Waals surface area contributed by atoms with Crippen LogP contribution in [0.15, 0.2) is 59.1 Å². The zero-order chi connectivity index (χ0) is 22.5. The van der Waals surface area contributed by atoms with Gasteiger partial charge in [-0.2, -0.15) is 0 Å². The van der Waals surface area contributed by atoms with Crippen LogP contribution in [0.4, 0.5) is 5.69 Å². The first kappa shape index (κ1) is 22.1. The molecule has 0 aromatic heterocycles. The number of allylic oxidation sites excluding steroid dienone is 1. The average Bonchev–Trinajstić information content (AvgIpc) is 3.27. The van der Waals surface area contributed by atoms with Crippen molar-refractivity contribution in [1.29, 1.82) is 0 Å². The molecule has 2 aliphatic rings. The molecule has 0 unspecified atom stereocenters. The SMILES string of the molecule is CC/C=C(/c1ccc(-c2ccc3c(c2)C=C(C(=O)CCC)CC(N)=N3)cc1)N1CCCC1. The van der Waals surface area contributed by atoms with Crippen LogP contribution >= 0.6 is 0 Å². The molecule has 0 atom stereocenters. The summed E-state index contributed by atoms with van der Waals surface area (Å²) in [5, 5.41) is 0. The summed E-state index contributed by atoms with van der Waals surface area (Å²) < 4.78 is 0. The molecule has 4 nitrogen and oxygen atoms in total. The molecular formula is C28H33N3O. The standard InChI is InChI=1S/C28H33N3O/c1-3-7-26(31-15-5-6-16-31)21-11-9-20(10-12-21)22-13-14-25-23(17-22)18-24(19-28(29)30-25)27(32)8-4-2/h7,9-14,17-18H,3-6,8,15-16,19H2,1-2H3,(H2,29,30)/b26-7-. The summed E-state index contributed by atoms with van der Waals surface area (Å²) in [5.41, 5.74) is 13.5. The van der Waals surface area contributed by atoms with Gasteiger partial charge < -0.3 is 10.6 Å². The quantitative estimate of drug-likeness (QED) is 0.560. The molecule has 2 aromatic rings. The van der Waals surface area contributed by atoms with E-state index >= 15 is 0 Å². The highest BCUT2D eigenvalue weighted by Gasteiger charge is 2.17. The summed E-state index contributed by atoms with van der Waals surface area (Å²) in [7, 11) is 0. The third-order valence-corrected chi connectivity index (χ3v) is 6.19. The van der Waals surface area contributed by atoms with Crippen molar-refractivity contribution in [2.24, 2.45) is 10.7 Å². The van der Waals surface area contributed by atoms with Crippen LogP contribution in [0.2, 0.25) is 0 Å². The number of hydrogen-bond acceptors (Lipinski definition) is 4. The third-order valence-electron chi connectivity index (χ3n) is 6.19. The Labute approximate surface area is 191 Å². The number of hydrogen-bond donors (Lipinski definition) is 1. The van der Waals surface area contributed by atoms with Crippen molar-refractivity contribution in [3.05, 3.63) is 65.2 Å². The predicted molar refractivity (Wildman–Crippen MR) is 135 cm³/mol. The van der Waals surface area contributed by atoms with Crippen LogP contribution in [-0.4, -0.2) is 29.6 Å². The number of Topliss-reactive ketones (excluding diaryl/α,β-unsaturated/α-hetero) is 1. The minimum absolute atomic E-state index is 0.158. The number of fused-ring (bicyclic) bond motifs is 1. The lowest BCUT2D eigenvalue weighted by Crippen LogP contribution is -2.17. The molecule has 2 aliphatic heterocycles. The van der Waals surface area contributed by atoms with Crippen LogP contribution < -0.4 is 5.73 Å². The fraction of sp³-hybridized carbons (Fsp3) is 0.357. The molecule has 1 saturated heterocycles. The molecule has 0 bridgehead atoms. The van der Waals surface area contributed by atoms with Gasteiger partial charge >= 0.3 is 0 Å². The highest BCUT2D eigenvalue weighted by molar-refractivity contribution is 6.06. The van der Waals surface area contributed by atoms with Crippen molar-refractivity contribution < 1.29 is 4.79 Å². The molecule has 0 saturated carbocycles. The van der Waals surface area contributed by atoms with Gasteiger partial charge in [0.15, 0.2) is 5.78 Å². The van der Waals surface area contributed by atoms with E-state index in [0.29, 0.717) is 18.7 Å². The second kappa shape index (κ2) is 9.99. The van der Waals surface area contributed by atoms with Crippen molar-refractivity contribution in [3.8, 4) is 11.1 Å². The second-order valence-electron chi connectivity index (χ2n) is 8.67. The van der Waals surface area contributed by atoms with Crippen LogP contribution in [0.1, 0.15) is 63.5 Å². The molecule has 0 aliphatic carbocycles. The van der Waals surface area contributed by atoms with Crippen molar-refractivity contribution >= 4 is 29.1 Å². The summed E-state index contributed by atoms with van der Waals surface area (Å²) >= 11 is 0. The molecule has 2 N–H and O–H groups in total. The molecule has 32 heavy (non-hydrogen) atoms. The fourth-order valence-electron chi connectivity index (χ4n) is 4.56. The van der Waals surface area contributed by atoms with E-state index < -0.39 is 0 Å². The lowest BCUT2D eigenvalue weighted by molar-refractivity contribution is -0.115. The average molecular weight is 428 g/mol. The van der Waals surface area contributed by atoms with E-state index in [4.69, 9.17) is 5.73 Å². The maximum Gasteiger partial charge on any atom is 0.159 e. The summed E-state index contributed by atoms with van der Waals surface area (Å²) in [6, 6.07) is 15.0. The van der Waals surface area contributed by atoms with Crippen LogP contribution in [0.3, 0.4) is 0 Å². The monoisotopic (exact) mass is 427 g/mol. The molecule has 4 heteroatoms. The lowest BCUT2D eigenvalue weighted by atomic mass is 9.97. The Hall–Kier alpha value is -3.14. The number of carbonyl (C=O) groups is 1. The van der Waals surface area contributed by atoms with Crippen LogP contribution in [0, 0.1) is 0 Å². The summed E-state index contributed by atoms with van der Waals surface area (Å²) in [6.45, 7) is 6.51. The Morgan fingerprint density at radius 3 is 2.47 bits per heavy atom. The van der Waals surface area contributed by atoms with Gasteiger partial charge in [0.1, 0.15) is 5.84 Å². The van der Waals surface area contributed by atoms with Crippen LogP contribution in [-0.2, 0) is 4.79 Å². The Balaban J connectivity index is 1.65. The number of ketones is 1. The molecule has 2 heterocycles. The number of amidine groups is 1. The van der Waals surface area contributed by atoms with Gasteiger partial charge in [0.25, 0.3) is 0 Å². The summed E-state index contributed by atoms with van der Waals surface area (Å²) in [6.07, 6.45) is 9.69. The van der Waals surface area contributed by atoms with Gasteiger partial charge in [-0.15, -0.1) is 0 Å². The van der Waals surface area contributed by atoms with E-state index in [-0.39, 0.29) is 5.78 Å². The van der Waals surface area contributed by atoms with E-state index in [0.717, 1.165) is 53.9 Å². The highest BCUT2D eigenvalue weighted by Crippen LogP contribution is 2.33. The number of nitrogens with zero attached hydrogens (tertiary/aromatic N) is 2. The number of nitrogens with two attached hydrogens (primary N) is 1. The predicted octanol–water partition coefficient (Wildman–Crippen LogP) is 6.35. The Morgan fingerprint density at radius 2 is 1.78 bits per heavy atom. The Kier molecular flexibility index (Phi) is 6.89. The maximum absolute atomic E-state index is 12.5. The number of likely N-dealkylation sites (tertiary alicyclic amines) is 1. The third kappa shape index (κ3) is 4.85. The topological polar surface area (TPSA) is 58.7 Å². The first-order chi connectivity index (χ1) is 15.6. The highest BCUT2D eigenvalue weighted by atomic mass is 16.1. The first-order valence-corrected chi connectivity index (χ1v) is 11.9. The van der Waals surface area contributed by atoms with Crippen molar-refractivity contribution in [3.63, 3.8) is 0 Å². The van der Waals surface area contributed by atoms with Crippen LogP contribution in [0.25, 0.3) is 22.9 Å². The zero-order valence-electron chi connectivity index (χ0n) is 19.2. The molecule has 4 rings (SSSR count). The largest absolute Gasteiger partial charge is 0.387 e. The fourth-order valence-corrected chi connectivity index (χ4v) is 4.56. The van der Waals surface area contributed by atoms with Gasteiger partial charge in [0.05, 0.1) is 5.69 Å². The smallest absolute Gasteiger partial charge is 0.159 e. The van der Waals surface area contributed by atoms with Crippen molar-refractivity contribution in [1.82, 2.24) is 4.90 Å². The minimum Gasteiger partial charge on any atom is -0.387 e. The second-order valence-corrected chi connectivity index (χ2v) is 8.67. The van der Waals surface area contributed by atoms with Crippen LogP contribution in [0.5, 0.6) is 0 Å². The van der Waals surface area contributed by atoms with Gasteiger partial charge in [-0.25, -0.2) is 4.99 Å². The van der Waals surface area contributed by atoms with Crippen molar-refractivity contribution in [2.45, 2.75) is 52.4 Å². The molecule has 0 spiro atoms. The normalized spacial score (nSPS) is 16.3. The van der Waals surface area contributed by atoms with Gasteiger partial charge in [0, 0.05) is 42.8 Å². The van der Waals surface area contributed by atoms with Gasteiger partial charge in [-0.1, -0.05) is 50.3 Å². The van der Waals surface area contributed by atoms with E-state index in [9.17, 15) is 4.79 Å². The molecular weight excluding hydrogens is 394 g/mol. The van der Waals surface area contributed by atoms with Gasteiger partial charge in [-0.3, -0.25) is 4.79 Å². The summed E-state index contributed by atoms with van der Waals surface area (Å²) in [5.74, 6) is 0.652. The lowest BCUT2D eigenvalue weighted by Gasteiger charge is -2.22. The molecule has 0 radical (unpaired) electrons. The molecule has 0 amide bonds. The van der Waals surface area contributed by atoms with E-state index in [2.05, 4.69) is 59.3 Å². The van der Waals surface area contributed by atoms with E-state index in [1.807, 2.05) is 19.1 Å². The molecule has 1 fully saturated rings. The molecule has 2 aromatic carbocycles. The number of aliphatic imine (C=N–C) groups is 1. The first-order valence-electron chi connectivity index (χ1n) is 11.9. The summed E-state index contributed by atoms with van der Waals surface area (Å²) in [4.78, 5) is 19.6. The number of carbonyl (C=O) groups excluding carboxylic acids is 1. The number of rotatable bonds is 7. The van der Waals surface area contributed by atoms with E-state index in [1.165, 1.54) is 24.1 Å². The van der Waals surface area contributed by atoms with E-state index in [1.54, 1.807) is 0 Å². The minimum atomic E-state index is 0.158. The van der Waals surface area contributed by atoms with Gasteiger partial charge in [0.2, 0.25) is 0 Å².